The fourth-order valence-electron chi connectivity index (χ4n) is 2.11. The highest BCUT2D eigenvalue weighted by Crippen LogP contribution is 2.19. The Hall–Kier alpha value is -2.46. The number of nitrogens with zero attached hydrogens (tertiary/aromatic N) is 2. The lowest BCUT2D eigenvalue weighted by atomic mass is 10.1. The Morgan fingerprint density at radius 2 is 1.67 bits per heavy atom. The average Bonchev–Trinajstić information content (AvgIpc) is 2.56. The molecule has 0 N–H and O–H groups in total. The summed E-state index contributed by atoms with van der Waals surface area (Å²) in [5, 5.41) is 0. The van der Waals surface area contributed by atoms with Gasteiger partial charge in [-0.3, -0.25) is 4.57 Å². The van der Waals surface area contributed by atoms with E-state index in [9.17, 15) is 0 Å². The van der Waals surface area contributed by atoms with E-state index in [0.717, 1.165) is 22.7 Å². The van der Waals surface area contributed by atoms with Crippen molar-refractivity contribution in [2.45, 2.75) is 0 Å². The van der Waals surface area contributed by atoms with Gasteiger partial charge >= 0.3 is 0 Å². The van der Waals surface area contributed by atoms with Crippen LogP contribution in [-0.2, 0) is 0 Å². The highest BCUT2D eigenvalue weighted by Gasteiger charge is 2.02. The van der Waals surface area contributed by atoms with Crippen molar-refractivity contribution in [3.63, 3.8) is 0 Å². The van der Waals surface area contributed by atoms with Crippen LogP contribution in [0, 0.1) is 4.77 Å². The zero-order valence-electron chi connectivity index (χ0n) is 11.6. The lowest BCUT2D eigenvalue weighted by Crippen LogP contribution is -1.99. The first-order valence-corrected chi connectivity index (χ1v) is 6.98. The monoisotopic (exact) mass is 294 g/mol. The second kappa shape index (κ2) is 5.89. The summed E-state index contributed by atoms with van der Waals surface area (Å²) in [6, 6.07) is 19.7. The van der Waals surface area contributed by atoms with Gasteiger partial charge in [0.1, 0.15) is 5.75 Å². The Balaban J connectivity index is 2.00. The Bertz CT molecular complexity index is 795. The van der Waals surface area contributed by atoms with Gasteiger partial charge in [0.15, 0.2) is 0 Å². The number of methoxy groups -OCH3 is 1. The van der Waals surface area contributed by atoms with Crippen molar-refractivity contribution >= 4 is 12.2 Å². The molecule has 3 nitrogen and oxygen atoms in total. The van der Waals surface area contributed by atoms with E-state index in [1.54, 1.807) is 7.11 Å². The van der Waals surface area contributed by atoms with E-state index in [1.807, 2.05) is 71.4 Å². The van der Waals surface area contributed by atoms with E-state index < -0.39 is 0 Å². The summed E-state index contributed by atoms with van der Waals surface area (Å²) in [5.74, 6) is 0.819. The van der Waals surface area contributed by atoms with Crippen LogP contribution in [0.25, 0.3) is 16.9 Å². The van der Waals surface area contributed by atoms with Gasteiger partial charge in [0, 0.05) is 17.4 Å². The van der Waals surface area contributed by atoms with Crippen LogP contribution in [0.5, 0.6) is 5.75 Å². The third-order valence-electron chi connectivity index (χ3n) is 3.22. The lowest BCUT2D eigenvalue weighted by molar-refractivity contribution is 0.414. The molecule has 0 saturated heterocycles. The van der Waals surface area contributed by atoms with Gasteiger partial charge in [0.05, 0.1) is 12.8 Å². The summed E-state index contributed by atoms with van der Waals surface area (Å²) < 4.78 is 7.57. The summed E-state index contributed by atoms with van der Waals surface area (Å²) >= 11 is 5.40. The number of ether oxygens (including phenoxy) is 1. The topological polar surface area (TPSA) is 27.1 Å². The first-order valence-electron chi connectivity index (χ1n) is 6.57. The standard InChI is InChI=1S/C17H14N2OS/c1-20-15-9-7-14(8-10-15)19-12-11-16(18-17(19)21)13-5-3-2-4-6-13/h2-12H,1H3. The normalized spacial score (nSPS) is 10.3. The van der Waals surface area contributed by atoms with Gasteiger partial charge in [0.25, 0.3) is 0 Å². The summed E-state index contributed by atoms with van der Waals surface area (Å²) in [5.41, 5.74) is 2.91. The van der Waals surface area contributed by atoms with Crippen molar-refractivity contribution in [3.05, 3.63) is 71.6 Å². The van der Waals surface area contributed by atoms with Gasteiger partial charge < -0.3 is 4.74 Å². The van der Waals surface area contributed by atoms with Crippen molar-refractivity contribution in [3.8, 4) is 22.7 Å². The fourth-order valence-corrected chi connectivity index (χ4v) is 2.38. The van der Waals surface area contributed by atoms with Crippen LogP contribution >= 0.6 is 12.2 Å². The number of aromatic nitrogens is 2. The molecule has 21 heavy (non-hydrogen) atoms. The van der Waals surface area contributed by atoms with Crippen molar-refractivity contribution in [1.82, 2.24) is 9.55 Å². The molecule has 0 spiro atoms. The molecule has 0 saturated carbocycles. The second-order valence-corrected chi connectivity index (χ2v) is 4.89. The predicted octanol–water partition coefficient (Wildman–Crippen LogP) is 4.28. The molecule has 104 valence electrons. The molecule has 0 radical (unpaired) electrons. The molecule has 1 heterocycles. The minimum absolute atomic E-state index is 0.529. The zero-order chi connectivity index (χ0) is 14.7. The average molecular weight is 294 g/mol. The molecule has 2 aromatic carbocycles. The first-order chi connectivity index (χ1) is 10.3. The van der Waals surface area contributed by atoms with Crippen molar-refractivity contribution in [2.24, 2.45) is 0 Å². The zero-order valence-corrected chi connectivity index (χ0v) is 12.4. The van der Waals surface area contributed by atoms with Crippen LogP contribution in [0.1, 0.15) is 0 Å². The maximum Gasteiger partial charge on any atom is 0.204 e. The van der Waals surface area contributed by atoms with E-state index in [2.05, 4.69) is 4.98 Å². The minimum atomic E-state index is 0.529. The molecular weight excluding hydrogens is 280 g/mol. The van der Waals surface area contributed by atoms with Crippen LogP contribution < -0.4 is 4.74 Å². The summed E-state index contributed by atoms with van der Waals surface area (Å²) in [4.78, 5) is 4.51. The highest BCUT2D eigenvalue weighted by atomic mass is 32.1. The quantitative estimate of drug-likeness (QED) is 0.675. The smallest absolute Gasteiger partial charge is 0.204 e. The Morgan fingerprint density at radius 1 is 0.952 bits per heavy atom. The molecule has 4 heteroatoms. The first kappa shape index (κ1) is 13.5. The van der Waals surface area contributed by atoms with Gasteiger partial charge in [-0.05, 0) is 42.5 Å². The van der Waals surface area contributed by atoms with Crippen molar-refractivity contribution in [1.29, 1.82) is 0 Å². The predicted molar refractivity (Wildman–Crippen MR) is 86.4 cm³/mol. The van der Waals surface area contributed by atoms with Gasteiger partial charge in [-0.15, -0.1) is 0 Å². The number of hydrogen-bond donors (Lipinski definition) is 0. The van der Waals surface area contributed by atoms with E-state index in [4.69, 9.17) is 17.0 Å². The molecule has 0 fully saturated rings. The molecule has 0 atom stereocenters. The van der Waals surface area contributed by atoms with Gasteiger partial charge in [-0.1, -0.05) is 30.3 Å². The Labute approximate surface area is 128 Å². The van der Waals surface area contributed by atoms with Gasteiger partial charge in [-0.2, -0.15) is 0 Å². The number of hydrogen-bond acceptors (Lipinski definition) is 3. The van der Waals surface area contributed by atoms with E-state index >= 15 is 0 Å². The molecular formula is C17H14N2OS. The molecule has 1 aromatic heterocycles. The maximum absolute atomic E-state index is 5.40. The van der Waals surface area contributed by atoms with Crippen LogP contribution in [0.15, 0.2) is 66.9 Å². The largest absolute Gasteiger partial charge is 0.497 e. The van der Waals surface area contributed by atoms with Crippen LogP contribution in [-0.4, -0.2) is 16.7 Å². The molecule has 0 aliphatic rings. The lowest BCUT2D eigenvalue weighted by Gasteiger charge is -2.09. The SMILES string of the molecule is COc1ccc(-n2ccc(-c3ccccc3)nc2=S)cc1. The van der Waals surface area contributed by atoms with Crippen molar-refractivity contribution < 1.29 is 4.74 Å². The molecule has 0 unspecified atom stereocenters. The summed E-state index contributed by atoms with van der Waals surface area (Å²) in [6.45, 7) is 0. The summed E-state index contributed by atoms with van der Waals surface area (Å²) in [7, 11) is 1.65. The molecule has 0 aliphatic heterocycles. The van der Waals surface area contributed by atoms with Crippen LogP contribution in [0.2, 0.25) is 0 Å². The molecule has 0 bridgehead atoms. The third-order valence-corrected chi connectivity index (χ3v) is 3.51. The van der Waals surface area contributed by atoms with E-state index in [0.29, 0.717) is 4.77 Å². The molecule has 3 rings (SSSR count). The maximum atomic E-state index is 5.40. The van der Waals surface area contributed by atoms with Gasteiger partial charge in [0.2, 0.25) is 4.77 Å². The third kappa shape index (κ3) is 2.85. The van der Waals surface area contributed by atoms with E-state index in [-0.39, 0.29) is 0 Å². The van der Waals surface area contributed by atoms with E-state index in [1.165, 1.54) is 0 Å². The molecule has 0 aliphatic carbocycles. The molecule has 0 amide bonds. The summed E-state index contributed by atoms with van der Waals surface area (Å²) in [6.07, 6.45) is 1.94. The number of benzene rings is 2. The number of rotatable bonds is 3. The Morgan fingerprint density at radius 3 is 2.29 bits per heavy atom. The minimum Gasteiger partial charge on any atom is -0.497 e. The highest BCUT2D eigenvalue weighted by molar-refractivity contribution is 7.71. The van der Waals surface area contributed by atoms with Crippen LogP contribution in [0.3, 0.4) is 0 Å². The van der Waals surface area contributed by atoms with Gasteiger partial charge in [-0.25, -0.2) is 4.98 Å². The second-order valence-electron chi connectivity index (χ2n) is 4.53. The Kier molecular flexibility index (Phi) is 3.79. The van der Waals surface area contributed by atoms with Crippen molar-refractivity contribution in [2.75, 3.05) is 7.11 Å². The van der Waals surface area contributed by atoms with Crippen LogP contribution in [0.4, 0.5) is 0 Å². The molecule has 3 aromatic rings. The fraction of sp³-hybridized carbons (Fsp3) is 0.0588.